The highest BCUT2D eigenvalue weighted by Crippen LogP contribution is 2.15. The van der Waals surface area contributed by atoms with Gasteiger partial charge in [-0.2, -0.15) is 0 Å². The van der Waals surface area contributed by atoms with Crippen molar-refractivity contribution in [1.82, 2.24) is 5.32 Å². The standard InChI is InChI=1S/C12H18FN3O/c1-15-12(17)9-16(7-3-6-14)11-5-2-4-10(13)8-11/h2,4-5,8H,3,6-7,9,14H2,1H3,(H,15,17). The second-order valence-corrected chi connectivity index (χ2v) is 3.72. The van der Waals surface area contributed by atoms with Gasteiger partial charge in [-0.05, 0) is 31.2 Å². The molecule has 4 nitrogen and oxygen atoms in total. The molecule has 0 aliphatic carbocycles. The summed E-state index contributed by atoms with van der Waals surface area (Å²) in [4.78, 5) is 13.2. The van der Waals surface area contributed by atoms with Crippen molar-refractivity contribution in [3.05, 3.63) is 30.1 Å². The molecule has 94 valence electrons. The SMILES string of the molecule is CNC(=O)CN(CCCN)c1cccc(F)c1. The average molecular weight is 239 g/mol. The molecular formula is C12H18FN3O. The van der Waals surface area contributed by atoms with E-state index in [9.17, 15) is 9.18 Å². The Bertz CT molecular complexity index is 371. The molecule has 1 aromatic rings. The minimum Gasteiger partial charge on any atom is -0.362 e. The minimum absolute atomic E-state index is 0.105. The number of nitrogens with one attached hydrogen (secondary N) is 1. The van der Waals surface area contributed by atoms with Gasteiger partial charge in [0.05, 0.1) is 6.54 Å². The fraction of sp³-hybridized carbons (Fsp3) is 0.417. The lowest BCUT2D eigenvalue weighted by Crippen LogP contribution is -2.36. The van der Waals surface area contributed by atoms with Gasteiger partial charge in [0.2, 0.25) is 5.91 Å². The van der Waals surface area contributed by atoms with Crippen LogP contribution in [0, 0.1) is 5.82 Å². The molecule has 1 rings (SSSR count). The van der Waals surface area contributed by atoms with Gasteiger partial charge in [-0.15, -0.1) is 0 Å². The first kappa shape index (κ1) is 13.4. The largest absolute Gasteiger partial charge is 0.362 e. The number of anilines is 1. The molecule has 0 aliphatic heterocycles. The van der Waals surface area contributed by atoms with Gasteiger partial charge in [-0.1, -0.05) is 6.07 Å². The van der Waals surface area contributed by atoms with E-state index in [1.165, 1.54) is 12.1 Å². The van der Waals surface area contributed by atoms with E-state index in [2.05, 4.69) is 5.32 Å². The number of rotatable bonds is 6. The third-order valence-electron chi connectivity index (χ3n) is 2.42. The summed E-state index contributed by atoms with van der Waals surface area (Å²) in [5, 5.41) is 2.55. The molecule has 0 aliphatic rings. The van der Waals surface area contributed by atoms with Crippen molar-refractivity contribution in [3.8, 4) is 0 Å². The predicted octanol–water partition coefficient (Wildman–Crippen LogP) is 0.727. The van der Waals surface area contributed by atoms with Crippen LogP contribution in [0.5, 0.6) is 0 Å². The van der Waals surface area contributed by atoms with E-state index in [1.54, 1.807) is 19.2 Å². The molecule has 0 bridgehead atoms. The predicted molar refractivity (Wildman–Crippen MR) is 66.4 cm³/mol. The van der Waals surface area contributed by atoms with Crippen LogP contribution >= 0.6 is 0 Å². The summed E-state index contributed by atoms with van der Waals surface area (Å²) < 4.78 is 13.1. The third kappa shape index (κ3) is 4.40. The Morgan fingerprint density at radius 1 is 1.53 bits per heavy atom. The molecule has 0 unspecified atom stereocenters. The van der Waals surface area contributed by atoms with E-state index in [0.29, 0.717) is 18.8 Å². The maximum absolute atomic E-state index is 13.1. The first-order chi connectivity index (χ1) is 8.17. The van der Waals surface area contributed by atoms with Gasteiger partial charge < -0.3 is 16.0 Å². The number of nitrogens with zero attached hydrogens (tertiary/aromatic N) is 1. The number of nitrogens with two attached hydrogens (primary N) is 1. The summed E-state index contributed by atoms with van der Waals surface area (Å²) in [7, 11) is 1.58. The summed E-state index contributed by atoms with van der Waals surface area (Å²) in [5.74, 6) is -0.413. The number of halogens is 1. The van der Waals surface area contributed by atoms with Gasteiger partial charge >= 0.3 is 0 Å². The van der Waals surface area contributed by atoms with Crippen LogP contribution in [0.4, 0.5) is 10.1 Å². The van der Waals surface area contributed by atoms with Crippen LogP contribution in [-0.4, -0.2) is 32.6 Å². The Labute approximate surface area is 101 Å². The molecule has 0 atom stereocenters. The second-order valence-electron chi connectivity index (χ2n) is 3.72. The Balaban J connectivity index is 2.77. The van der Waals surface area contributed by atoms with Crippen molar-refractivity contribution in [1.29, 1.82) is 0 Å². The highest BCUT2D eigenvalue weighted by molar-refractivity contribution is 5.81. The Kier molecular flexibility index (Phi) is 5.42. The molecule has 0 heterocycles. The van der Waals surface area contributed by atoms with Crippen LogP contribution in [0.2, 0.25) is 0 Å². The smallest absolute Gasteiger partial charge is 0.239 e. The van der Waals surface area contributed by atoms with Crippen molar-refractivity contribution >= 4 is 11.6 Å². The quantitative estimate of drug-likeness (QED) is 0.769. The maximum Gasteiger partial charge on any atom is 0.239 e. The summed E-state index contributed by atoms with van der Waals surface area (Å²) in [5.41, 5.74) is 6.14. The van der Waals surface area contributed by atoms with Crippen LogP contribution in [-0.2, 0) is 4.79 Å². The zero-order chi connectivity index (χ0) is 12.7. The highest BCUT2D eigenvalue weighted by Gasteiger charge is 2.10. The number of hydrogen-bond acceptors (Lipinski definition) is 3. The van der Waals surface area contributed by atoms with Crippen LogP contribution in [0.25, 0.3) is 0 Å². The van der Waals surface area contributed by atoms with E-state index < -0.39 is 0 Å². The molecular weight excluding hydrogens is 221 g/mol. The van der Waals surface area contributed by atoms with Gasteiger partial charge in [0, 0.05) is 19.3 Å². The van der Waals surface area contributed by atoms with E-state index in [0.717, 1.165) is 6.42 Å². The lowest BCUT2D eigenvalue weighted by atomic mass is 10.2. The highest BCUT2D eigenvalue weighted by atomic mass is 19.1. The van der Waals surface area contributed by atoms with Gasteiger partial charge in [0.15, 0.2) is 0 Å². The monoisotopic (exact) mass is 239 g/mol. The molecule has 0 aromatic heterocycles. The summed E-state index contributed by atoms with van der Waals surface area (Å²) in [6.07, 6.45) is 0.757. The Hall–Kier alpha value is -1.62. The van der Waals surface area contributed by atoms with E-state index in [4.69, 9.17) is 5.73 Å². The number of carbonyl (C=O) groups excluding carboxylic acids is 1. The summed E-state index contributed by atoms with van der Waals surface area (Å²) in [6, 6.07) is 6.20. The van der Waals surface area contributed by atoms with Crippen molar-refractivity contribution < 1.29 is 9.18 Å². The summed E-state index contributed by atoms with van der Waals surface area (Å²) in [6.45, 7) is 1.38. The number of carbonyl (C=O) groups is 1. The fourth-order valence-electron chi connectivity index (χ4n) is 1.51. The fourth-order valence-corrected chi connectivity index (χ4v) is 1.51. The van der Waals surface area contributed by atoms with Crippen LogP contribution in [0.3, 0.4) is 0 Å². The molecule has 17 heavy (non-hydrogen) atoms. The molecule has 0 saturated carbocycles. The first-order valence-electron chi connectivity index (χ1n) is 5.58. The van der Waals surface area contributed by atoms with Crippen LogP contribution in [0.15, 0.2) is 24.3 Å². The average Bonchev–Trinajstić information content (AvgIpc) is 2.34. The molecule has 0 radical (unpaired) electrons. The maximum atomic E-state index is 13.1. The molecule has 5 heteroatoms. The molecule has 0 saturated heterocycles. The minimum atomic E-state index is -0.308. The normalized spacial score (nSPS) is 10.1. The zero-order valence-corrected chi connectivity index (χ0v) is 9.95. The zero-order valence-electron chi connectivity index (χ0n) is 9.95. The number of benzene rings is 1. The summed E-state index contributed by atoms with van der Waals surface area (Å²) >= 11 is 0. The van der Waals surface area contributed by atoms with Gasteiger partial charge in [0.25, 0.3) is 0 Å². The Morgan fingerprint density at radius 2 is 2.29 bits per heavy atom. The lowest BCUT2D eigenvalue weighted by molar-refractivity contribution is -0.119. The second kappa shape index (κ2) is 6.85. The number of amides is 1. The van der Waals surface area contributed by atoms with Crippen molar-refractivity contribution in [3.63, 3.8) is 0 Å². The lowest BCUT2D eigenvalue weighted by Gasteiger charge is -2.23. The first-order valence-corrected chi connectivity index (χ1v) is 5.58. The van der Waals surface area contributed by atoms with Gasteiger partial charge in [-0.3, -0.25) is 4.79 Å². The van der Waals surface area contributed by atoms with E-state index in [1.807, 2.05) is 4.90 Å². The topological polar surface area (TPSA) is 58.4 Å². The molecule has 1 aromatic carbocycles. The van der Waals surface area contributed by atoms with E-state index in [-0.39, 0.29) is 18.3 Å². The van der Waals surface area contributed by atoms with Crippen LogP contribution in [0.1, 0.15) is 6.42 Å². The van der Waals surface area contributed by atoms with Crippen molar-refractivity contribution in [2.75, 3.05) is 31.6 Å². The van der Waals surface area contributed by atoms with Crippen molar-refractivity contribution in [2.24, 2.45) is 5.73 Å². The van der Waals surface area contributed by atoms with Gasteiger partial charge in [-0.25, -0.2) is 4.39 Å². The number of likely N-dealkylation sites (N-methyl/N-ethyl adjacent to an activating group) is 1. The molecule has 0 fully saturated rings. The van der Waals surface area contributed by atoms with Crippen molar-refractivity contribution in [2.45, 2.75) is 6.42 Å². The number of hydrogen-bond donors (Lipinski definition) is 2. The molecule has 1 amide bonds. The van der Waals surface area contributed by atoms with Gasteiger partial charge in [0.1, 0.15) is 5.82 Å². The third-order valence-corrected chi connectivity index (χ3v) is 2.42. The molecule has 0 spiro atoms. The Morgan fingerprint density at radius 3 is 2.88 bits per heavy atom. The van der Waals surface area contributed by atoms with E-state index >= 15 is 0 Å². The molecule has 3 N–H and O–H groups in total. The van der Waals surface area contributed by atoms with Crippen LogP contribution < -0.4 is 16.0 Å².